The molecule has 0 bridgehead atoms. The number of ether oxygens (including phenoxy) is 2. The number of anilines is 2. The number of rotatable bonds is 3. The summed E-state index contributed by atoms with van der Waals surface area (Å²) in [7, 11) is 1.26. The molecular weight excluding hydrogens is 322 g/mol. The predicted octanol–water partition coefficient (Wildman–Crippen LogP) is 3.41. The molecule has 0 saturated heterocycles. The number of benzene rings is 1. The van der Waals surface area contributed by atoms with Crippen molar-refractivity contribution in [3.63, 3.8) is 0 Å². The van der Waals surface area contributed by atoms with Crippen LogP contribution in [0.15, 0.2) is 43.0 Å². The van der Waals surface area contributed by atoms with Gasteiger partial charge >= 0.3 is 6.16 Å². The molecule has 0 atom stereocenters. The van der Waals surface area contributed by atoms with Gasteiger partial charge in [0.2, 0.25) is 0 Å². The highest BCUT2D eigenvalue weighted by Gasteiger charge is 2.16. The van der Waals surface area contributed by atoms with Crippen LogP contribution in [0.2, 0.25) is 0 Å². The van der Waals surface area contributed by atoms with E-state index >= 15 is 0 Å². The summed E-state index contributed by atoms with van der Waals surface area (Å²) in [6, 6.07) is 8.00. The zero-order chi connectivity index (χ0) is 17.4. The zero-order valence-corrected chi connectivity index (χ0v) is 13.6. The number of methoxy groups -OCH3 is 1. The van der Waals surface area contributed by atoms with Crippen molar-refractivity contribution in [3.8, 4) is 5.75 Å². The van der Waals surface area contributed by atoms with Gasteiger partial charge in [0.15, 0.2) is 11.6 Å². The third kappa shape index (κ3) is 2.63. The summed E-state index contributed by atoms with van der Waals surface area (Å²) in [6.07, 6.45) is 4.16. The van der Waals surface area contributed by atoms with E-state index in [1.807, 2.05) is 37.4 Å². The Balaban J connectivity index is 1.74. The van der Waals surface area contributed by atoms with Crippen molar-refractivity contribution in [2.75, 3.05) is 12.4 Å². The van der Waals surface area contributed by atoms with E-state index in [-0.39, 0.29) is 0 Å². The quantitative estimate of drug-likeness (QED) is 0.557. The molecule has 0 radical (unpaired) electrons. The summed E-state index contributed by atoms with van der Waals surface area (Å²) in [4.78, 5) is 18.9. The van der Waals surface area contributed by atoms with E-state index in [4.69, 9.17) is 4.74 Å². The molecule has 0 spiro atoms. The number of carbonyl (C=O) groups is 1. The van der Waals surface area contributed by atoms with Crippen LogP contribution in [0.5, 0.6) is 5.75 Å². The van der Waals surface area contributed by atoms with Crippen molar-refractivity contribution in [1.29, 1.82) is 0 Å². The number of nitrogens with zero attached hydrogens (tertiary/aromatic N) is 3. The highest BCUT2D eigenvalue weighted by molar-refractivity contribution is 5.86. The van der Waals surface area contributed by atoms with Gasteiger partial charge in [-0.1, -0.05) is 6.07 Å². The second kappa shape index (κ2) is 5.82. The Labute approximate surface area is 142 Å². The lowest BCUT2D eigenvalue weighted by molar-refractivity contribution is 0.121. The van der Waals surface area contributed by atoms with Crippen molar-refractivity contribution in [1.82, 2.24) is 19.6 Å². The average molecular weight is 337 g/mol. The molecule has 25 heavy (non-hydrogen) atoms. The summed E-state index contributed by atoms with van der Waals surface area (Å²) < 4.78 is 11.3. The molecule has 1 aromatic carbocycles. The lowest BCUT2D eigenvalue weighted by atomic mass is 10.2. The summed E-state index contributed by atoms with van der Waals surface area (Å²) in [5.74, 6) is 0.980. The highest BCUT2D eigenvalue weighted by Crippen LogP contribution is 2.30. The summed E-state index contributed by atoms with van der Waals surface area (Å²) in [5, 5.41) is 8.58. The van der Waals surface area contributed by atoms with Gasteiger partial charge in [-0.25, -0.2) is 14.3 Å². The Morgan fingerprint density at radius 2 is 2.20 bits per heavy atom. The minimum atomic E-state index is -0.779. The maximum absolute atomic E-state index is 11.4. The first-order chi connectivity index (χ1) is 12.2. The smallest absolute Gasteiger partial charge is 0.437 e. The van der Waals surface area contributed by atoms with Gasteiger partial charge in [-0.3, -0.25) is 0 Å². The van der Waals surface area contributed by atoms with Crippen LogP contribution in [0.4, 0.5) is 16.3 Å². The number of aromatic nitrogens is 4. The number of fused-ring (bicyclic) bond motifs is 2. The molecule has 8 nitrogen and oxygen atoms in total. The number of nitrogens with one attached hydrogen (secondary N) is 2. The molecule has 3 heterocycles. The van der Waals surface area contributed by atoms with Gasteiger partial charge in [0.1, 0.15) is 11.8 Å². The van der Waals surface area contributed by atoms with E-state index in [1.165, 1.54) is 13.4 Å². The van der Waals surface area contributed by atoms with E-state index in [2.05, 4.69) is 25.1 Å². The molecule has 0 amide bonds. The molecule has 126 valence electrons. The molecule has 8 heteroatoms. The SMILES string of the molecule is COC(=O)Oc1cn2ncnc(Nc3ccc4cc[nH]c4c3)c2c1C. The minimum absolute atomic E-state index is 0.371. The van der Waals surface area contributed by atoms with Crippen LogP contribution in [0.3, 0.4) is 0 Å². The molecule has 0 aliphatic heterocycles. The van der Waals surface area contributed by atoms with Crippen LogP contribution in [0.25, 0.3) is 16.4 Å². The molecule has 4 aromatic rings. The van der Waals surface area contributed by atoms with Gasteiger partial charge in [0.25, 0.3) is 0 Å². The summed E-state index contributed by atoms with van der Waals surface area (Å²) in [6.45, 7) is 1.83. The maximum Gasteiger partial charge on any atom is 0.513 e. The van der Waals surface area contributed by atoms with Crippen LogP contribution >= 0.6 is 0 Å². The van der Waals surface area contributed by atoms with E-state index in [1.54, 1.807) is 10.7 Å². The monoisotopic (exact) mass is 337 g/mol. The first-order valence-electron chi connectivity index (χ1n) is 7.58. The van der Waals surface area contributed by atoms with Crippen molar-refractivity contribution in [2.45, 2.75) is 6.92 Å². The normalized spacial score (nSPS) is 11.0. The first-order valence-corrected chi connectivity index (χ1v) is 7.58. The molecule has 0 fully saturated rings. The van der Waals surface area contributed by atoms with E-state index < -0.39 is 6.16 Å². The Morgan fingerprint density at radius 3 is 3.04 bits per heavy atom. The lowest BCUT2D eigenvalue weighted by Crippen LogP contribution is -2.07. The van der Waals surface area contributed by atoms with Crippen LogP contribution in [-0.2, 0) is 4.74 Å². The van der Waals surface area contributed by atoms with Gasteiger partial charge in [-0.2, -0.15) is 5.10 Å². The number of aryl methyl sites for hydroxylation is 1. The maximum atomic E-state index is 11.4. The summed E-state index contributed by atoms with van der Waals surface area (Å²) in [5.41, 5.74) is 3.35. The van der Waals surface area contributed by atoms with Gasteiger partial charge in [0.05, 0.1) is 13.3 Å². The Bertz CT molecular complexity index is 1080. The third-order valence-corrected chi connectivity index (χ3v) is 3.96. The van der Waals surface area contributed by atoms with E-state index in [9.17, 15) is 4.79 Å². The molecule has 0 saturated carbocycles. The van der Waals surface area contributed by atoms with Gasteiger partial charge < -0.3 is 19.8 Å². The number of hydrogen-bond donors (Lipinski definition) is 2. The topological polar surface area (TPSA) is 93.5 Å². The fourth-order valence-corrected chi connectivity index (χ4v) is 2.73. The highest BCUT2D eigenvalue weighted by atomic mass is 16.7. The van der Waals surface area contributed by atoms with Crippen LogP contribution in [0.1, 0.15) is 5.56 Å². The second-order valence-electron chi connectivity index (χ2n) is 5.48. The zero-order valence-electron chi connectivity index (χ0n) is 13.6. The fourth-order valence-electron chi connectivity index (χ4n) is 2.73. The van der Waals surface area contributed by atoms with E-state index in [0.29, 0.717) is 17.1 Å². The Morgan fingerprint density at radius 1 is 1.32 bits per heavy atom. The molecule has 3 aromatic heterocycles. The van der Waals surface area contributed by atoms with Gasteiger partial charge in [0, 0.05) is 23.0 Å². The number of H-pyrrole nitrogens is 1. The molecule has 0 unspecified atom stereocenters. The van der Waals surface area contributed by atoms with Crippen LogP contribution < -0.4 is 10.1 Å². The first kappa shape index (κ1) is 15.0. The molecule has 0 aliphatic rings. The molecule has 2 N–H and O–H groups in total. The second-order valence-corrected chi connectivity index (χ2v) is 5.48. The summed E-state index contributed by atoms with van der Waals surface area (Å²) >= 11 is 0. The molecule has 0 aliphatic carbocycles. The van der Waals surface area contributed by atoms with Crippen molar-refractivity contribution < 1.29 is 14.3 Å². The minimum Gasteiger partial charge on any atom is -0.437 e. The number of hydrogen-bond acceptors (Lipinski definition) is 6. The fraction of sp³-hybridized carbons (Fsp3) is 0.118. The lowest BCUT2D eigenvalue weighted by Gasteiger charge is -2.08. The number of aromatic amines is 1. The van der Waals surface area contributed by atoms with Crippen LogP contribution in [-0.4, -0.2) is 32.8 Å². The van der Waals surface area contributed by atoms with Gasteiger partial charge in [-0.05, 0) is 30.5 Å². The largest absolute Gasteiger partial charge is 0.513 e. The van der Waals surface area contributed by atoms with Crippen LogP contribution in [0, 0.1) is 6.92 Å². The standard InChI is InChI=1S/C17H15N5O3/c1-10-14(25-17(23)24-2)8-22-15(10)16(19-9-20-22)21-12-4-3-11-5-6-18-13(11)7-12/h3-9,18H,1-2H3,(H,19,20,21). The molecule has 4 rings (SSSR count). The Kier molecular flexibility index (Phi) is 3.50. The van der Waals surface area contributed by atoms with Crippen molar-refractivity contribution >= 4 is 34.1 Å². The predicted molar refractivity (Wildman–Crippen MR) is 92.3 cm³/mol. The third-order valence-electron chi connectivity index (χ3n) is 3.96. The van der Waals surface area contributed by atoms with Crippen molar-refractivity contribution in [3.05, 3.63) is 48.5 Å². The van der Waals surface area contributed by atoms with Gasteiger partial charge in [-0.15, -0.1) is 0 Å². The average Bonchev–Trinajstić information content (AvgIpc) is 3.20. The molecular formula is C17H15N5O3. The van der Waals surface area contributed by atoms with E-state index in [0.717, 1.165) is 22.2 Å². The number of carbonyl (C=O) groups excluding carboxylic acids is 1. The Hall–Kier alpha value is -3.55. The van der Waals surface area contributed by atoms with Crippen molar-refractivity contribution in [2.24, 2.45) is 0 Å².